The van der Waals surface area contributed by atoms with Gasteiger partial charge in [-0.15, -0.1) is 0 Å². The molecule has 1 aliphatic carbocycles. The molecule has 0 bridgehead atoms. The third kappa shape index (κ3) is 4.60. The van der Waals surface area contributed by atoms with Gasteiger partial charge in [-0.25, -0.2) is 8.42 Å². The molecule has 1 amide bonds. The summed E-state index contributed by atoms with van der Waals surface area (Å²) in [6, 6.07) is 2.80. The van der Waals surface area contributed by atoms with Gasteiger partial charge in [-0.05, 0) is 18.9 Å². The SMILES string of the molecule is O=C(C[C@@H]1C=CS(=O)(=O)C1)NCc1cc2n(n1)CCN(C1CCCCC1)C2. The van der Waals surface area contributed by atoms with E-state index in [-0.39, 0.29) is 24.0 Å². The number of nitrogens with zero attached hydrogens (tertiary/aromatic N) is 3. The smallest absolute Gasteiger partial charge is 0.220 e. The maximum absolute atomic E-state index is 12.1. The maximum Gasteiger partial charge on any atom is 0.220 e. The van der Waals surface area contributed by atoms with Crippen molar-refractivity contribution in [3.05, 3.63) is 28.9 Å². The summed E-state index contributed by atoms with van der Waals surface area (Å²) in [4.78, 5) is 14.7. The Balaban J connectivity index is 1.28. The van der Waals surface area contributed by atoms with E-state index in [9.17, 15) is 13.2 Å². The van der Waals surface area contributed by atoms with Crippen LogP contribution < -0.4 is 5.32 Å². The predicted octanol–water partition coefficient (Wildman–Crippen LogP) is 1.60. The molecule has 7 nitrogen and oxygen atoms in total. The van der Waals surface area contributed by atoms with Crippen LogP contribution in [0, 0.1) is 5.92 Å². The minimum Gasteiger partial charge on any atom is -0.350 e. The Morgan fingerprint density at radius 1 is 1.22 bits per heavy atom. The molecule has 2 aliphatic heterocycles. The molecule has 0 saturated heterocycles. The van der Waals surface area contributed by atoms with Crippen LogP contribution in [-0.4, -0.2) is 47.3 Å². The van der Waals surface area contributed by atoms with Gasteiger partial charge in [0.15, 0.2) is 9.84 Å². The van der Waals surface area contributed by atoms with E-state index in [0.29, 0.717) is 12.6 Å². The van der Waals surface area contributed by atoms with Crippen molar-refractivity contribution in [1.29, 1.82) is 0 Å². The summed E-state index contributed by atoms with van der Waals surface area (Å²) in [7, 11) is -3.11. The van der Waals surface area contributed by atoms with Crippen molar-refractivity contribution in [2.24, 2.45) is 5.92 Å². The van der Waals surface area contributed by atoms with Crippen LogP contribution in [0.25, 0.3) is 0 Å². The number of rotatable bonds is 5. The van der Waals surface area contributed by atoms with Crippen LogP contribution in [0.2, 0.25) is 0 Å². The number of aromatic nitrogens is 2. The molecule has 1 fully saturated rings. The fourth-order valence-corrected chi connectivity index (χ4v) is 5.86. The lowest BCUT2D eigenvalue weighted by molar-refractivity contribution is -0.121. The van der Waals surface area contributed by atoms with E-state index in [1.165, 1.54) is 43.2 Å². The van der Waals surface area contributed by atoms with Crippen LogP contribution in [0.5, 0.6) is 0 Å². The molecule has 0 spiro atoms. The zero-order chi connectivity index (χ0) is 18.9. The molecule has 0 unspecified atom stereocenters. The average molecular weight is 393 g/mol. The van der Waals surface area contributed by atoms with Gasteiger partial charge in [0, 0.05) is 36.9 Å². The van der Waals surface area contributed by atoms with Crippen LogP contribution in [-0.2, 0) is 34.3 Å². The van der Waals surface area contributed by atoms with E-state index in [2.05, 4.69) is 26.1 Å². The highest BCUT2D eigenvalue weighted by Gasteiger charge is 2.26. The molecule has 1 N–H and O–H groups in total. The molecule has 8 heteroatoms. The number of hydrogen-bond acceptors (Lipinski definition) is 5. The zero-order valence-electron chi connectivity index (χ0n) is 15.6. The van der Waals surface area contributed by atoms with Crippen LogP contribution in [0.3, 0.4) is 0 Å². The first-order valence-corrected chi connectivity index (χ1v) is 11.7. The van der Waals surface area contributed by atoms with Crippen molar-refractivity contribution in [2.45, 2.75) is 64.2 Å². The quantitative estimate of drug-likeness (QED) is 0.823. The normalized spacial score (nSPS) is 25.4. The highest BCUT2D eigenvalue weighted by Crippen LogP contribution is 2.26. The molecule has 3 heterocycles. The monoisotopic (exact) mass is 392 g/mol. The molecule has 1 aromatic rings. The van der Waals surface area contributed by atoms with Gasteiger partial charge in [-0.3, -0.25) is 14.4 Å². The van der Waals surface area contributed by atoms with E-state index in [1.807, 2.05) is 0 Å². The Hall–Kier alpha value is -1.67. The molecule has 1 saturated carbocycles. The molecule has 1 atom stereocenters. The van der Waals surface area contributed by atoms with Gasteiger partial charge in [0.05, 0.1) is 30.2 Å². The summed E-state index contributed by atoms with van der Waals surface area (Å²) in [5.41, 5.74) is 2.10. The topological polar surface area (TPSA) is 84.3 Å². The van der Waals surface area contributed by atoms with Gasteiger partial charge in [0.2, 0.25) is 5.91 Å². The first-order chi connectivity index (χ1) is 13.0. The van der Waals surface area contributed by atoms with E-state index < -0.39 is 9.84 Å². The van der Waals surface area contributed by atoms with Gasteiger partial charge in [-0.1, -0.05) is 25.3 Å². The molecule has 1 aromatic heterocycles. The average Bonchev–Trinajstić information content (AvgIpc) is 3.22. The summed E-state index contributed by atoms with van der Waals surface area (Å²) >= 11 is 0. The molecular weight excluding hydrogens is 364 g/mol. The summed E-state index contributed by atoms with van der Waals surface area (Å²) in [5.74, 6) is -0.304. The maximum atomic E-state index is 12.1. The largest absolute Gasteiger partial charge is 0.350 e. The van der Waals surface area contributed by atoms with Gasteiger partial charge in [0.25, 0.3) is 0 Å². The molecule has 0 aromatic carbocycles. The Morgan fingerprint density at radius 3 is 2.78 bits per heavy atom. The Labute approximate surface area is 160 Å². The molecule has 148 valence electrons. The van der Waals surface area contributed by atoms with Crippen LogP contribution in [0.15, 0.2) is 17.6 Å². The standard InChI is InChI=1S/C19H28N4O3S/c24-19(10-15-6-9-27(25,26)14-15)20-12-16-11-18-13-22(7-8-23(18)21-16)17-4-2-1-3-5-17/h6,9,11,15,17H,1-5,7-8,10,12-14H2,(H,20,24)/t15-/m0/s1. The summed E-state index contributed by atoms with van der Waals surface area (Å²) in [5, 5.41) is 8.72. The second-order valence-corrected chi connectivity index (χ2v) is 9.94. The van der Waals surface area contributed by atoms with Gasteiger partial charge < -0.3 is 5.32 Å². The number of allylic oxidation sites excluding steroid dienone is 1. The van der Waals surface area contributed by atoms with Crippen LogP contribution in [0.4, 0.5) is 0 Å². The van der Waals surface area contributed by atoms with E-state index >= 15 is 0 Å². The Kier molecular flexibility index (Phi) is 5.36. The van der Waals surface area contributed by atoms with Crippen molar-refractivity contribution >= 4 is 15.7 Å². The first kappa shape index (κ1) is 18.7. The highest BCUT2D eigenvalue weighted by atomic mass is 32.2. The van der Waals surface area contributed by atoms with E-state index in [0.717, 1.165) is 25.3 Å². The number of carbonyl (C=O) groups excluding carboxylic acids is 1. The lowest BCUT2D eigenvalue weighted by Crippen LogP contribution is -2.42. The third-order valence-electron chi connectivity index (χ3n) is 5.89. The Bertz CT molecular complexity index is 824. The predicted molar refractivity (Wildman–Crippen MR) is 102 cm³/mol. The second kappa shape index (κ2) is 7.75. The lowest BCUT2D eigenvalue weighted by Gasteiger charge is -2.36. The van der Waals surface area contributed by atoms with Crippen molar-refractivity contribution in [3.8, 4) is 0 Å². The number of nitrogens with one attached hydrogen (secondary N) is 1. The minimum atomic E-state index is -3.11. The van der Waals surface area contributed by atoms with Crippen molar-refractivity contribution in [3.63, 3.8) is 0 Å². The molecule has 4 rings (SSSR count). The number of carbonyl (C=O) groups is 1. The molecule has 0 radical (unpaired) electrons. The van der Waals surface area contributed by atoms with Crippen LogP contribution in [0.1, 0.15) is 49.9 Å². The summed E-state index contributed by atoms with van der Waals surface area (Å²) < 4.78 is 24.9. The number of sulfone groups is 1. The second-order valence-electron chi connectivity index (χ2n) is 8.01. The summed E-state index contributed by atoms with van der Waals surface area (Å²) in [6.45, 7) is 3.29. The molecule has 3 aliphatic rings. The number of hydrogen-bond donors (Lipinski definition) is 1. The lowest BCUT2D eigenvalue weighted by atomic mass is 9.94. The van der Waals surface area contributed by atoms with Gasteiger partial charge >= 0.3 is 0 Å². The minimum absolute atomic E-state index is 0.0379. The van der Waals surface area contributed by atoms with Crippen molar-refractivity contribution in [1.82, 2.24) is 20.0 Å². The van der Waals surface area contributed by atoms with Crippen molar-refractivity contribution < 1.29 is 13.2 Å². The van der Waals surface area contributed by atoms with E-state index in [1.54, 1.807) is 6.08 Å². The van der Waals surface area contributed by atoms with Gasteiger partial charge in [-0.2, -0.15) is 5.10 Å². The number of fused-ring (bicyclic) bond motifs is 1. The fourth-order valence-electron chi connectivity index (χ4n) is 4.46. The van der Waals surface area contributed by atoms with E-state index in [4.69, 9.17) is 0 Å². The zero-order valence-corrected chi connectivity index (χ0v) is 16.5. The first-order valence-electron chi connectivity index (χ1n) is 9.96. The summed E-state index contributed by atoms with van der Waals surface area (Å²) in [6.07, 6.45) is 8.49. The number of amides is 1. The van der Waals surface area contributed by atoms with Gasteiger partial charge in [0.1, 0.15) is 0 Å². The van der Waals surface area contributed by atoms with Crippen molar-refractivity contribution in [2.75, 3.05) is 12.3 Å². The fraction of sp³-hybridized carbons (Fsp3) is 0.684. The highest BCUT2D eigenvalue weighted by molar-refractivity contribution is 7.94. The van der Waals surface area contributed by atoms with Crippen LogP contribution >= 0.6 is 0 Å². The Morgan fingerprint density at radius 2 is 2.04 bits per heavy atom. The molecular formula is C19H28N4O3S. The third-order valence-corrected chi connectivity index (χ3v) is 7.35. The molecule has 27 heavy (non-hydrogen) atoms.